The molecule has 0 heterocycles. The number of carboxylic acid groups (broad SMARTS) is 1. The van der Waals surface area contributed by atoms with E-state index in [4.69, 9.17) is 22.9 Å². The zero-order chi connectivity index (χ0) is 17.7. The molecule has 0 aliphatic heterocycles. The molecular weight excluding hydrogens is 304 g/mol. The molecule has 2 rings (SSSR count). The second kappa shape index (κ2) is 8.03. The van der Waals surface area contributed by atoms with Crippen LogP contribution in [0.2, 0.25) is 0 Å². The Hall–Kier alpha value is -2.25. The minimum Gasteiger partial charge on any atom is -0.480 e. The maximum atomic E-state index is 11.6. The molecule has 0 spiro atoms. The van der Waals surface area contributed by atoms with Crippen molar-refractivity contribution in [2.75, 3.05) is 0 Å². The summed E-state index contributed by atoms with van der Waals surface area (Å²) in [7, 11) is 0. The number of rotatable bonds is 7. The number of benzene rings is 2. The molecule has 2 aromatic rings. The monoisotopic (exact) mass is 328 g/mol. The van der Waals surface area contributed by atoms with Crippen molar-refractivity contribution in [2.45, 2.75) is 31.6 Å². The summed E-state index contributed by atoms with van der Waals surface area (Å²) >= 11 is 0. The highest BCUT2D eigenvalue weighted by Crippen LogP contribution is 2.32. The highest BCUT2D eigenvalue weighted by atomic mass is 16.4. The second-order valence-corrected chi connectivity index (χ2v) is 5.64. The normalized spacial score (nSPS) is 13.5. The van der Waals surface area contributed by atoms with E-state index < -0.39 is 17.9 Å². The van der Waals surface area contributed by atoms with Crippen molar-refractivity contribution in [3.05, 3.63) is 70.3 Å². The van der Waals surface area contributed by atoms with Gasteiger partial charge in [0.1, 0.15) is 6.04 Å². The van der Waals surface area contributed by atoms with Gasteiger partial charge in [0.05, 0.1) is 0 Å². The average Bonchev–Trinajstić information content (AvgIpc) is 2.61. The summed E-state index contributed by atoms with van der Waals surface area (Å²) in [6.45, 7) is 0.878. The van der Waals surface area contributed by atoms with E-state index in [1.807, 2.05) is 42.5 Å². The summed E-state index contributed by atoms with van der Waals surface area (Å²) in [5.41, 5.74) is 27.9. The summed E-state index contributed by atoms with van der Waals surface area (Å²) in [6, 6.07) is 12.0. The van der Waals surface area contributed by atoms with Gasteiger partial charge in [-0.3, -0.25) is 4.79 Å². The maximum absolute atomic E-state index is 11.6. The number of carboxylic acids is 1. The van der Waals surface area contributed by atoms with Crippen LogP contribution in [0.4, 0.5) is 0 Å². The number of nitrogens with two attached hydrogens (primary N) is 4. The molecular formula is C18H24N4O2. The zero-order valence-electron chi connectivity index (χ0n) is 13.5. The van der Waals surface area contributed by atoms with Crippen LogP contribution >= 0.6 is 0 Å². The molecule has 0 amide bonds. The smallest absolute Gasteiger partial charge is 0.321 e. The van der Waals surface area contributed by atoms with Gasteiger partial charge in [0.15, 0.2) is 0 Å². The molecule has 0 fully saturated rings. The second-order valence-electron chi connectivity index (χ2n) is 5.64. The van der Waals surface area contributed by atoms with Gasteiger partial charge in [-0.2, -0.15) is 0 Å². The molecule has 0 bridgehead atoms. The van der Waals surface area contributed by atoms with Gasteiger partial charge in [-0.1, -0.05) is 42.5 Å². The van der Waals surface area contributed by atoms with Gasteiger partial charge >= 0.3 is 5.97 Å². The topological polar surface area (TPSA) is 141 Å². The third kappa shape index (κ3) is 3.47. The van der Waals surface area contributed by atoms with E-state index in [9.17, 15) is 9.90 Å². The van der Waals surface area contributed by atoms with Crippen molar-refractivity contribution in [2.24, 2.45) is 22.9 Å². The van der Waals surface area contributed by atoms with E-state index >= 15 is 0 Å². The van der Waals surface area contributed by atoms with Crippen molar-refractivity contribution >= 4 is 5.97 Å². The maximum Gasteiger partial charge on any atom is 0.321 e. The Kier molecular flexibility index (Phi) is 6.05. The lowest BCUT2D eigenvalue weighted by molar-refractivity contribution is -0.138. The molecule has 0 aliphatic rings. The van der Waals surface area contributed by atoms with E-state index in [2.05, 4.69) is 0 Å². The van der Waals surface area contributed by atoms with Gasteiger partial charge in [0.2, 0.25) is 0 Å². The number of hydrogen-bond donors (Lipinski definition) is 5. The van der Waals surface area contributed by atoms with E-state index in [0.29, 0.717) is 6.54 Å². The highest BCUT2D eigenvalue weighted by Gasteiger charge is 2.30. The third-order valence-electron chi connectivity index (χ3n) is 4.33. The molecule has 1 unspecified atom stereocenters. The van der Waals surface area contributed by atoms with Crippen LogP contribution in [-0.2, 0) is 24.4 Å². The van der Waals surface area contributed by atoms with Crippen molar-refractivity contribution in [1.82, 2.24) is 0 Å². The fraction of sp³-hybridized carbons (Fsp3) is 0.278. The first kappa shape index (κ1) is 18.1. The molecule has 2 atom stereocenters. The van der Waals surface area contributed by atoms with Crippen LogP contribution in [0.1, 0.15) is 33.7 Å². The Morgan fingerprint density at radius 1 is 0.917 bits per heavy atom. The van der Waals surface area contributed by atoms with Gasteiger partial charge in [-0.05, 0) is 27.8 Å². The molecule has 0 aliphatic carbocycles. The Balaban J connectivity index is 2.69. The van der Waals surface area contributed by atoms with Crippen molar-refractivity contribution in [3.8, 4) is 0 Å². The van der Waals surface area contributed by atoms with Crippen LogP contribution in [0.15, 0.2) is 42.5 Å². The molecule has 0 aromatic heterocycles. The molecule has 24 heavy (non-hydrogen) atoms. The average molecular weight is 328 g/mol. The minimum atomic E-state index is -1.09. The van der Waals surface area contributed by atoms with Crippen LogP contribution < -0.4 is 22.9 Å². The predicted molar refractivity (Wildman–Crippen MR) is 94.0 cm³/mol. The van der Waals surface area contributed by atoms with E-state index in [1.165, 1.54) is 0 Å². The van der Waals surface area contributed by atoms with E-state index in [0.717, 1.165) is 27.8 Å². The largest absolute Gasteiger partial charge is 0.480 e. The summed E-state index contributed by atoms with van der Waals surface area (Å²) in [5, 5.41) is 9.46. The Morgan fingerprint density at radius 3 is 2.04 bits per heavy atom. The zero-order valence-corrected chi connectivity index (χ0v) is 13.5. The molecule has 6 nitrogen and oxygen atoms in total. The molecule has 6 heteroatoms. The number of hydrogen-bond acceptors (Lipinski definition) is 5. The quantitative estimate of drug-likeness (QED) is 0.504. The molecule has 0 saturated heterocycles. The predicted octanol–water partition coefficient (Wildman–Crippen LogP) is 0.607. The van der Waals surface area contributed by atoms with Crippen molar-refractivity contribution in [1.29, 1.82) is 0 Å². The summed E-state index contributed by atoms with van der Waals surface area (Å²) < 4.78 is 0. The summed E-state index contributed by atoms with van der Waals surface area (Å²) in [6.07, 6.45) is 0. The third-order valence-corrected chi connectivity index (χ3v) is 4.33. The summed E-state index contributed by atoms with van der Waals surface area (Å²) in [5.74, 6) is -1.58. The molecule has 128 valence electrons. The van der Waals surface area contributed by atoms with Gasteiger partial charge in [0.25, 0.3) is 0 Å². The lowest BCUT2D eigenvalue weighted by atomic mass is 9.80. The molecule has 9 N–H and O–H groups in total. The fourth-order valence-electron chi connectivity index (χ4n) is 3.12. The number of carbonyl (C=O) groups is 1. The van der Waals surface area contributed by atoms with E-state index in [1.54, 1.807) is 0 Å². The molecule has 0 saturated carbocycles. The lowest BCUT2D eigenvalue weighted by Gasteiger charge is -2.26. The Labute approximate surface area is 141 Å². The lowest BCUT2D eigenvalue weighted by Crippen LogP contribution is -2.38. The first-order valence-electron chi connectivity index (χ1n) is 7.82. The Morgan fingerprint density at radius 2 is 1.54 bits per heavy atom. The SMILES string of the molecule is NCc1ccc(C(c2ccccc2)[C@H](N)C(=O)O)c(CN)c1CN. The molecule has 0 radical (unpaired) electrons. The van der Waals surface area contributed by atoms with Crippen LogP contribution in [0.3, 0.4) is 0 Å². The van der Waals surface area contributed by atoms with E-state index in [-0.39, 0.29) is 13.1 Å². The fourth-order valence-corrected chi connectivity index (χ4v) is 3.12. The number of aliphatic carboxylic acids is 1. The standard InChI is InChI=1S/C18H24N4O2/c19-8-12-6-7-13(15(10-21)14(12)9-20)16(17(22)18(23)24)11-4-2-1-3-5-11/h1-7,16-17H,8-10,19-22H2,(H,23,24)/t16?,17-/m0/s1. The van der Waals surface area contributed by atoms with Crippen LogP contribution in [0.5, 0.6) is 0 Å². The Bertz CT molecular complexity index is 704. The van der Waals surface area contributed by atoms with Gasteiger partial charge in [-0.25, -0.2) is 0 Å². The first-order valence-corrected chi connectivity index (χ1v) is 7.82. The van der Waals surface area contributed by atoms with Crippen LogP contribution in [0, 0.1) is 0 Å². The minimum absolute atomic E-state index is 0.241. The van der Waals surface area contributed by atoms with Gasteiger partial charge in [0, 0.05) is 25.6 Å². The van der Waals surface area contributed by atoms with Crippen LogP contribution in [0.25, 0.3) is 0 Å². The van der Waals surface area contributed by atoms with Gasteiger partial charge in [-0.15, -0.1) is 0 Å². The summed E-state index contributed by atoms with van der Waals surface area (Å²) in [4.78, 5) is 11.6. The van der Waals surface area contributed by atoms with Gasteiger partial charge < -0.3 is 28.0 Å². The van der Waals surface area contributed by atoms with Crippen molar-refractivity contribution < 1.29 is 9.90 Å². The first-order chi connectivity index (χ1) is 11.5. The highest BCUT2D eigenvalue weighted by molar-refractivity contribution is 5.76. The molecule has 2 aromatic carbocycles. The van der Waals surface area contributed by atoms with Crippen molar-refractivity contribution in [3.63, 3.8) is 0 Å². The van der Waals surface area contributed by atoms with Crippen LogP contribution in [-0.4, -0.2) is 17.1 Å².